The molecular formula is C24H27ClN2O2. The van der Waals surface area contributed by atoms with Crippen LogP contribution < -0.4 is 5.32 Å². The summed E-state index contributed by atoms with van der Waals surface area (Å²) in [5.74, 6) is -0.872. The van der Waals surface area contributed by atoms with Crippen LogP contribution in [0.5, 0.6) is 0 Å². The molecule has 2 aromatic carbocycles. The Morgan fingerprint density at radius 3 is 2.21 bits per heavy atom. The molecule has 0 fully saturated rings. The zero-order chi connectivity index (χ0) is 21.0. The van der Waals surface area contributed by atoms with Gasteiger partial charge in [-0.15, -0.1) is 0 Å². The van der Waals surface area contributed by atoms with Gasteiger partial charge < -0.3 is 15.0 Å². The highest BCUT2D eigenvalue weighted by Gasteiger charge is 2.22. The third-order valence-corrected chi connectivity index (χ3v) is 5.64. The van der Waals surface area contributed by atoms with E-state index >= 15 is 0 Å². The largest absolute Gasteiger partial charge is 0.478 e. The number of carboxylic acid groups (broad SMARTS) is 1. The summed E-state index contributed by atoms with van der Waals surface area (Å²) in [7, 11) is 0. The van der Waals surface area contributed by atoms with Gasteiger partial charge in [-0.05, 0) is 57.0 Å². The van der Waals surface area contributed by atoms with E-state index in [-0.39, 0.29) is 0 Å². The van der Waals surface area contributed by atoms with Crippen LogP contribution in [0.15, 0.2) is 48.5 Å². The van der Waals surface area contributed by atoms with E-state index in [0.717, 1.165) is 40.5 Å². The maximum atomic E-state index is 11.9. The van der Waals surface area contributed by atoms with E-state index in [0.29, 0.717) is 18.7 Å². The average molecular weight is 411 g/mol. The van der Waals surface area contributed by atoms with Crippen LogP contribution in [-0.4, -0.2) is 22.2 Å². The summed E-state index contributed by atoms with van der Waals surface area (Å²) < 4.78 is 2.10. The molecule has 0 atom stereocenters. The maximum Gasteiger partial charge on any atom is 0.337 e. The Labute approximate surface area is 177 Å². The second-order valence-corrected chi connectivity index (χ2v) is 7.89. The first kappa shape index (κ1) is 21.2. The van der Waals surface area contributed by atoms with E-state index in [9.17, 15) is 9.90 Å². The fourth-order valence-electron chi connectivity index (χ4n) is 3.66. The molecule has 0 aliphatic heterocycles. The molecule has 0 radical (unpaired) electrons. The standard InChI is InChI=1S/C24H27ClN2O2/c1-16-4-6-20(7-5-16)15-27-17(2)22(23(18(27)3)24(28)29)14-26-13-12-19-8-10-21(25)11-9-19/h4-11,26H,12-15H2,1-3H3,(H,28,29). The summed E-state index contributed by atoms with van der Waals surface area (Å²) in [6.45, 7) is 7.92. The molecule has 0 amide bonds. The van der Waals surface area contributed by atoms with Crippen molar-refractivity contribution in [2.75, 3.05) is 6.54 Å². The van der Waals surface area contributed by atoms with E-state index in [2.05, 4.69) is 41.1 Å². The molecule has 0 aliphatic carbocycles. The third kappa shape index (κ3) is 5.08. The van der Waals surface area contributed by atoms with Crippen molar-refractivity contribution in [3.63, 3.8) is 0 Å². The van der Waals surface area contributed by atoms with Crippen molar-refractivity contribution in [3.8, 4) is 0 Å². The number of nitrogens with one attached hydrogen (secondary N) is 1. The molecule has 0 saturated carbocycles. The summed E-state index contributed by atoms with van der Waals surface area (Å²) in [4.78, 5) is 11.9. The minimum absolute atomic E-state index is 0.411. The van der Waals surface area contributed by atoms with Crippen LogP contribution in [0.1, 0.15) is 44.0 Å². The van der Waals surface area contributed by atoms with Crippen molar-refractivity contribution in [1.82, 2.24) is 9.88 Å². The predicted molar refractivity (Wildman–Crippen MR) is 118 cm³/mol. The van der Waals surface area contributed by atoms with Crippen LogP contribution in [0.4, 0.5) is 0 Å². The number of aromatic carboxylic acids is 1. The lowest BCUT2D eigenvalue weighted by molar-refractivity contribution is 0.0694. The topological polar surface area (TPSA) is 54.3 Å². The van der Waals surface area contributed by atoms with Gasteiger partial charge in [0.2, 0.25) is 0 Å². The van der Waals surface area contributed by atoms with Crippen molar-refractivity contribution in [2.24, 2.45) is 0 Å². The number of hydrogen-bond donors (Lipinski definition) is 2. The number of aromatic nitrogens is 1. The summed E-state index contributed by atoms with van der Waals surface area (Å²) >= 11 is 5.93. The van der Waals surface area contributed by atoms with Crippen LogP contribution in [0.25, 0.3) is 0 Å². The quantitative estimate of drug-likeness (QED) is 0.505. The molecule has 1 heterocycles. The molecule has 1 aromatic heterocycles. The Balaban J connectivity index is 1.74. The van der Waals surface area contributed by atoms with Crippen molar-refractivity contribution in [1.29, 1.82) is 0 Å². The summed E-state index contributed by atoms with van der Waals surface area (Å²) in [6, 6.07) is 16.2. The maximum absolute atomic E-state index is 11.9. The minimum atomic E-state index is -0.872. The lowest BCUT2D eigenvalue weighted by Gasteiger charge is -2.11. The first-order chi connectivity index (χ1) is 13.9. The SMILES string of the molecule is Cc1ccc(Cn2c(C)c(CNCCc3ccc(Cl)cc3)c(C(=O)O)c2C)cc1. The number of carbonyl (C=O) groups is 1. The smallest absolute Gasteiger partial charge is 0.337 e. The number of hydrogen-bond acceptors (Lipinski definition) is 2. The van der Waals surface area contributed by atoms with Gasteiger partial charge in [0.05, 0.1) is 5.56 Å². The Bertz CT molecular complexity index is 989. The van der Waals surface area contributed by atoms with Gasteiger partial charge in [0.15, 0.2) is 0 Å². The van der Waals surface area contributed by atoms with E-state index < -0.39 is 5.97 Å². The number of benzene rings is 2. The van der Waals surface area contributed by atoms with E-state index in [1.165, 1.54) is 11.1 Å². The highest BCUT2D eigenvalue weighted by Crippen LogP contribution is 2.24. The van der Waals surface area contributed by atoms with Gasteiger partial charge in [0, 0.05) is 35.1 Å². The monoisotopic (exact) mass is 410 g/mol. The first-order valence-corrected chi connectivity index (χ1v) is 10.2. The molecule has 3 aromatic rings. The molecule has 5 heteroatoms. The van der Waals surface area contributed by atoms with Crippen molar-refractivity contribution < 1.29 is 9.90 Å². The number of rotatable bonds is 8. The molecule has 3 rings (SSSR count). The van der Waals surface area contributed by atoms with Gasteiger partial charge in [0.25, 0.3) is 0 Å². The molecule has 4 nitrogen and oxygen atoms in total. The predicted octanol–water partition coefficient (Wildman–Crippen LogP) is 5.15. The van der Waals surface area contributed by atoms with Crippen molar-refractivity contribution in [2.45, 2.75) is 40.3 Å². The number of aryl methyl sites for hydroxylation is 1. The number of carboxylic acids is 1. The van der Waals surface area contributed by atoms with Crippen LogP contribution in [0.3, 0.4) is 0 Å². The lowest BCUT2D eigenvalue weighted by atomic mass is 10.1. The fraction of sp³-hybridized carbons (Fsp3) is 0.292. The highest BCUT2D eigenvalue weighted by molar-refractivity contribution is 6.30. The zero-order valence-corrected chi connectivity index (χ0v) is 17.9. The summed E-state index contributed by atoms with van der Waals surface area (Å²) in [6.07, 6.45) is 0.863. The molecule has 0 bridgehead atoms. The summed E-state index contributed by atoms with van der Waals surface area (Å²) in [5, 5.41) is 13.9. The molecule has 0 spiro atoms. The van der Waals surface area contributed by atoms with Crippen LogP contribution in [0, 0.1) is 20.8 Å². The molecule has 29 heavy (non-hydrogen) atoms. The molecule has 0 saturated heterocycles. The normalized spacial score (nSPS) is 11.0. The van der Waals surface area contributed by atoms with Gasteiger partial charge in [-0.3, -0.25) is 0 Å². The Hall–Kier alpha value is -2.56. The van der Waals surface area contributed by atoms with Gasteiger partial charge in [-0.1, -0.05) is 53.6 Å². The van der Waals surface area contributed by atoms with Crippen LogP contribution in [0.2, 0.25) is 5.02 Å². The first-order valence-electron chi connectivity index (χ1n) is 9.79. The van der Waals surface area contributed by atoms with Crippen LogP contribution in [-0.2, 0) is 19.5 Å². The van der Waals surface area contributed by atoms with Crippen molar-refractivity contribution in [3.05, 3.63) is 92.8 Å². The van der Waals surface area contributed by atoms with E-state index in [1.54, 1.807) is 0 Å². The van der Waals surface area contributed by atoms with Gasteiger partial charge in [-0.2, -0.15) is 0 Å². The Morgan fingerprint density at radius 2 is 1.59 bits per heavy atom. The minimum Gasteiger partial charge on any atom is -0.478 e. The second-order valence-electron chi connectivity index (χ2n) is 7.45. The third-order valence-electron chi connectivity index (χ3n) is 5.39. The molecular weight excluding hydrogens is 384 g/mol. The van der Waals surface area contributed by atoms with Gasteiger partial charge in [-0.25, -0.2) is 4.79 Å². The number of nitrogens with zero attached hydrogens (tertiary/aromatic N) is 1. The fourth-order valence-corrected chi connectivity index (χ4v) is 3.79. The number of halogens is 1. The summed E-state index contributed by atoms with van der Waals surface area (Å²) in [5.41, 5.74) is 6.64. The average Bonchev–Trinajstić information content (AvgIpc) is 2.92. The molecule has 2 N–H and O–H groups in total. The lowest BCUT2D eigenvalue weighted by Crippen LogP contribution is -2.18. The molecule has 152 valence electrons. The van der Waals surface area contributed by atoms with E-state index in [1.807, 2.05) is 38.1 Å². The van der Waals surface area contributed by atoms with Crippen LogP contribution >= 0.6 is 11.6 Å². The second kappa shape index (κ2) is 9.29. The van der Waals surface area contributed by atoms with Gasteiger partial charge in [0.1, 0.15) is 0 Å². The Kier molecular flexibility index (Phi) is 6.78. The molecule has 0 unspecified atom stereocenters. The molecule has 0 aliphatic rings. The van der Waals surface area contributed by atoms with Crippen molar-refractivity contribution >= 4 is 17.6 Å². The Morgan fingerprint density at radius 1 is 0.966 bits per heavy atom. The highest BCUT2D eigenvalue weighted by atomic mass is 35.5. The van der Waals surface area contributed by atoms with Gasteiger partial charge >= 0.3 is 5.97 Å². The van der Waals surface area contributed by atoms with E-state index in [4.69, 9.17) is 11.6 Å². The zero-order valence-electron chi connectivity index (χ0n) is 17.1.